The molecule has 0 radical (unpaired) electrons. The molecule has 0 saturated carbocycles. The van der Waals surface area contributed by atoms with Gasteiger partial charge in [-0.25, -0.2) is 4.79 Å². The Morgan fingerprint density at radius 2 is 1.38 bits per heavy atom. The van der Waals surface area contributed by atoms with Crippen LogP contribution in [0.2, 0.25) is 0 Å². The van der Waals surface area contributed by atoms with Crippen molar-refractivity contribution in [3.63, 3.8) is 0 Å². The van der Waals surface area contributed by atoms with Crippen molar-refractivity contribution in [2.45, 2.75) is 96.1 Å². The number of hydrogen-bond donors (Lipinski definition) is 0. The van der Waals surface area contributed by atoms with Gasteiger partial charge in [0.1, 0.15) is 22.9 Å². The van der Waals surface area contributed by atoms with Gasteiger partial charge in [-0.2, -0.15) is 0 Å². The van der Waals surface area contributed by atoms with Crippen LogP contribution in [0.4, 0.5) is 11.4 Å². The minimum atomic E-state index is -0.847. The number of aliphatic imine (C=N–C) groups is 1. The molecule has 2 aliphatic heterocycles. The highest BCUT2D eigenvalue weighted by molar-refractivity contribution is 6.00. The molecule has 2 aliphatic rings. The summed E-state index contributed by atoms with van der Waals surface area (Å²) in [7, 11) is 2.03. The first-order valence-electron chi connectivity index (χ1n) is 19.5. The average Bonchev–Trinajstić information content (AvgIpc) is 3.34. The van der Waals surface area contributed by atoms with Crippen LogP contribution >= 0.6 is 0 Å². The van der Waals surface area contributed by atoms with E-state index in [4.69, 9.17) is 19.2 Å². The van der Waals surface area contributed by atoms with Gasteiger partial charge in [0.15, 0.2) is 0 Å². The molecule has 0 saturated heterocycles. The molecule has 6 nitrogen and oxygen atoms in total. The lowest BCUT2D eigenvalue weighted by atomic mass is 9.77. The molecule has 274 valence electrons. The first-order valence-corrected chi connectivity index (χ1v) is 19.5. The summed E-state index contributed by atoms with van der Waals surface area (Å²) in [5, 5.41) is 2.19. The van der Waals surface area contributed by atoms with Crippen molar-refractivity contribution in [1.29, 1.82) is 0 Å². The van der Waals surface area contributed by atoms with E-state index < -0.39 is 17.1 Å². The molecule has 53 heavy (non-hydrogen) atoms. The Balaban J connectivity index is 0.931. The fourth-order valence-corrected chi connectivity index (χ4v) is 7.89. The zero-order valence-corrected chi connectivity index (χ0v) is 31.7. The quantitative estimate of drug-likeness (QED) is 0.0615. The molecule has 5 aromatic carbocycles. The smallest absolute Gasteiger partial charge is 0.343 e. The van der Waals surface area contributed by atoms with Gasteiger partial charge in [0.25, 0.3) is 0 Å². The van der Waals surface area contributed by atoms with E-state index in [0.717, 1.165) is 63.4 Å². The fraction of sp³-hybridized carbons (Fsp3) is 0.362. The summed E-state index contributed by atoms with van der Waals surface area (Å²) in [6, 6.07) is 33.8. The maximum atomic E-state index is 13.3. The van der Waals surface area contributed by atoms with Crippen molar-refractivity contribution in [1.82, 2.24) is 0 Å². The molecule has 0 N–H and O–H groups in total. The van der Waals surface area contributed by atoms with Crippen molar-refractivity contribution < 1.29 is 19.0 Å². The van der Waals surface area contributed by atoms with Crippen molar-refractivity contribution in [2.75, 3.05) is 18.6 Å². The molecule has 0 amide bonds. The van der Waals surface area contributed by atoms with Crippen LogP contribution in [0.5, 0.6) is 17.2 Å². The normalized spacial score (nSPS) is 16.7. The Morgan fingerprint density at radius 3 is 2.09 bits per heavy atom. The standard InChI is InChI=1S/C47H52N2O4/c1-5-6-7-8-9-10-11-12-13-16-31-51-38-26-23-35(24-27-38)34-19-21-37(22-20-34)45(50)52-39-28-29-42-41(32-39)46(2,3)47(49(42)4)33-48-44-40-18-15-14-17-36(40)25-30-43(44)53-47/h14-15,17-30,32-33H,5-13,16,31H2,1-4H3. The number of unbranched alkanes of at least 4 members (excludes halogenated alkanes) is 9. The van der Waals surface area contributed by atoms with E-state index in [1.165, 1.54) is 57.8 Å². The number of likely N-dealkylation sites (N-methyl/N-ethyl adjacent to an activating group) is 1. The number of fused-ring (bicyclic) bond motifs is 4. The maximum absolute atomic E-state index is 13.3. The van der Waals surface area contributed by atoms with E-state index in [1.54, 1.807) is 0 Å². The molecule has 0 aliphatic carbocycles. The number of anilines is 1. The second kappa shape index (κ2) is 15.9. The van der Waals surface area contributed by atoms with Gasteiger partial charge in [-0.15, -0.1) is 0 Å². The molecule has 2 heterocycles. The Kier molecular flexibility index (Phi) is 10.9. The molecule has 5 aromatic rings. The van der Waals surface area contributed by atoms with Crippen LogP contribution in [0, 0.1) is 0 Å². The van der Waals surface area contributed by atoms with Crippen LogP contribution in [-0.2, 0) is 5.41 Å². The third kappa shape index (κ3) is 7.42. The summed E-state index contributed by atoms with van der Waals surface area (Å²) in [4.78, 5) is 20.4. The van der Waals surface area contributed by atoms with Gasteiger partial charge in [-0.1, -0.05) is 119 Å². The lowest BCUT2D eigenvalue weighted by Crippen LogP contribution is -2.61. The van der Waals surface area contributed by atoms with E-state index in [2.05, 4.69) is 56.0 Å². The minimum Gasteiger partial charge on any atom is -0.494 e. The van der Waals surface area contributed by atoms with Gasteiger partial charge in [-0.3, -0.25) is 4.99 Å². The topological polar surface area (TPSA) is 60.4 Å². The summed E-state index contributed by atoms with van der Waals surface area (Å²) < 4.78 is 18.8. The largest absolute Gasteiger partial charge is 0.494 e. The van der Waals surface area contributed by atoms with Crippen LogP contribution in [0.15, 0.2) is 108 Å². The van der Waals surface area contributed by atoms with E-state index in [1.807, 2.05) is 86.1 Å². The number of nitrogens with zero attached hydrogens (tertiary/aromatic N) is 2. The van der Waals surface area contributed by atoms with Crippen molar-refractivity contribution in [2.24, 2.45) is 4.99 Å². The number of benzene rings is 5. The Morgan fingerprint density at radius 1 is 0.736 bits per heavy atom. The van der Waals surface area contributed by atoms with Gasteiger partial charge in [0, 0.05) is 18.1 Å². The molecule has 0 fully saturated rings. The van der Waals surface area contributed by atoms with Crippen molar-refractivity contribution in [3.05, 3.63) is 114 Å². The summed E-state index contributed by atoms with van der Waals surface area (Å²) in [5.41, 5.74) is 4.10. The summed E-state index contributed by atoms with van der Waals surface area (Å²) in [5.74, 6) is 1.73. The number of ether oxygens (including phenoxy) is 3. The molecule has 0 aromatic heterocycles. The van der Waals surface area contributed by atoms with Gasteiger partial charge >= 0.3 is 5.97 Å². The molecule has 1 atom stereocenters. The second-order valence-corrected chi connectivity index (χ2v) is 15.1. The zero-order valence-electron chi connectivity index (χ0n) is 31.7. The predicted molar refractivity (Wildman–Crippen MR) is 218 cm³/mol. The van der Waals surface area contributed by atoms with Crippen molar-refractivity contribution in [3.8, 4) is 28.4 Å². The second-order valence-electron chi connectivity index (χ2n) is 15.1. The average molecular weight is 709 g/mol. The fourth-order valence-electron chi connectivity index (χ4n) is 7.89. The molecular formula is C47H52N2O4. The zero-order chi connectivity index (χ0) is 36.8. The number of carbonyl (C=O) groups is 1. The Labute approximate surface area is 314 Å². The third-order valence-electron chi connectivity index (χ3n) is 11.2. The molecule has 7 rings (SSSR count). The van der Waals surface area contributed by atoms with E-state index in [9.17, 15) is 4.79 Å². The van der Waals surface area contributed by atoms with Crippen LogP contribution in [0.3, 0.4) is 0 Å². The van der Waals surface area contributed by atoms with E-state index in [-0.39, 0.29) is 0 Å². The number of rotatable bonds is 15. The first kappa shape index (κ1) is 36.3. The summed E-state index contributed by atoms with van der Waals surface area (Å²) in [6.45, 7) is 7.31. The lowest BCUT2D eigenvalue weighted by molar-refractivity contribution is 0.0733. The van der Waals surface area contributed by atoms with E-state index >= 15 is 0 Å². The molecule has 1 unspecified atom stereocenters. The number of hydrogen-bond acceptors (Lipinski definition) is 6. The van der Waals surface area contributed by atoms with Crippen LogP contribution in [0.25, 0.3) is 21.9 Å². The highest BCUT2D eigenvalue weighted by Gasteiger charge is 2.58. The van der Waals surface area contributed by atoms with Gasteiger partial charge in [0.05, 0.1) is 23.8 Å². The lowest BCUT2D eigenvalue weighted by Gasteiger charge is -2.44. The number of esters is 1. The highest BCUT2D eigenvalue weighted by Crippen LogP contribution is 2.55. The van der Waals surface area contributed by atoms with Crippen LogP contribution in [0.1, 0.15) is 101 Å². The van der Waals surface area contributed by atoms with Crippen molar-refractivity contribution >= 4 is 34.3 Å². The Hall–Kier alpha value is -5.10. The van der Waals surface area contributed by atoms with E-state index in [0.29, 0.717) is 11.3 Å². The summed E-state index contributed by atoms with van der Waals surface area (Å²) in [6.07, 6.45) is 15.1. The maximum Gasteiger partial charge on any atom is 0.343 e. The first-order chi connectivity index (χ1) is 25.8. The Bertz CT molecular complexity index is 2070. The molecule has 1 spiro atoms. The third-order valence-corrected chi connectivity index (χ3v) is 11.2. The number of carbonyl (C=O) groups excluding carboxylic acids is 1. The summed E-state index contributed by atoms with van der Waals surface area (Å²) >= 11 is 0. The minimum absolute atomic E-state index is 0.401. The van der Waals surface area contributed by atoms with Crippen LogP contribution < -0.4 is 19.1 Å². The SMILES string of the molecule is CCCCCCCCCCCCOc1ccc(-c2ccc(C(=O)Oc3ccc4c(c3)C(C)(C)C3(C=Nc5c(ccc6ccccc56)O3)N4C)cc2)cc1. The molecular weight excluding hydrogens is 657 g/mol. The molecule has 0 bridgehead atoms. The van der Waals surface area contributed by atoms with Gasteiger partial charge in [0.2, 0.25) is 5.72 Å². The monoisotopic (exact) mass is 708 g/mol. The molecule has 6 heteroatoms. The predicted octanol–water partition coefficient (Wildman–Crippen LogP) is 12.2. The van der Waals surface area contributed by atoms with Crippen LogP contribution in [-0.4, -0.2) is 31.6 Å². The highest BCUT2D eigenvalue weighted by atomic mass is 16.5. The van der Waals surface area contributed by atoms with Gasteiger partial charge < -0.3 is 19.1 Å². The van der Waals surface area contributed by atoms with Gasteiger partial charge in [-0.05, 0) is 90.9 Å².